The molecule has 7 heteroatoms. The summed E-state index contributed by atoms with van der Waals surface area (Å²) in [6, 6.07) is 22.6. The quantitative estimate of drug-likeness (QED) is 0.424. The van der Waals surface area contributed by atoms with Crippen molar-refractivity contribution in [2.75, 3.05) is 5.32 Å². The molecule has 32 heavy (non-hydrogen) atoms. The van der Waals surface area contributed by atoms with E-state index in [1.165, 1.54) is 11.3 Å². The molecule has 0 fully saturated rings. The van der Waals surface area contributed by atoms with Gasteiger partial charge in [0, 0.05) is 40.8 Å². The van der Waals surface area contributed by atoms with Crippen LogP contribution >= 0.6 is 11.3 Å². The Morgan fingerprint density at radius 2 is 1.75 bits per heavy atom. The summed E-state index contributed by atoms with van der Waals surface area (Å²) in [6.45, 7) is 0.491. The van der Waals surface area contributed by atoms with Crippen LogP contribution in [0.25, 0.3) is 16.2 Å². The summed E-state index contributed by atoms with van der Waals surface area (Å²) in [5.74, 6) is -0.0910. The first-order valence-electron chi connectivity index (χ1n) is 10.2. The summed E-state index contributed by atoms with van der Waals surface area (Å²) in [6.07, 6.45) is 3.99. The third-order valence-electron chi connectivity index (χ3n) is 5.18. The van der Waals surface area contributed by atoms with Crippen molar-refractivity contribution in [3.05, 3.63) is 112 Å². The molecule has 0 saturated heterocycles. The van der Waals surface area contributed by atoms with Gasteiger partial charge in [0.1, 0.15) is 0 Å². The highest BCUT2D eigenvalue weighted by Crippen LogP contribution is 2.24. The summed E-state index contributed by atoms with van der Waals surface area (Å²) < 4.78 is 3.62. The highest BCUT2D eigenvalue weighted by molar-refractivity contribution is 7.15. The number of aromatic nitrogens is 3. The smallest absolute Gasteiger partial charge is 0.250 e. The molecule has 1 N–H and O–H groups in total. The van der Waals surface area contributed by atoms with E-state index in [2.05, 4.69) is 10.3 Å². The van der Waals surface area contributed by atoms with Gasteiger partial charge in [-0.2, -0.15) is 0 Å². The number of imidazole rings is 1. The number of pyridine rings is 1. The average Bonchev–Trinajstić information content (AvgIpc) is 3.39. The van der Waals surface area contributed by atoms with Gasteiger partial charge >= 0.3 is 0 Å². The number of carbonyl (C=O) groups excluding carboxylic acids is 1. The van der Waals surface area contributed by atoms with Gasteiger partial charge < -0.3 is 9.88 Å². The molecule has 0 saturated carbocycles. The summed E-state index contributed by atoms with van der Waals surface area (Å²) in [5.41, 5.74) is 4.52. The number of anilines is 1. The molecule has 3 aromatic heterocycles. The Hall–Kier alpha value is -3.97. The van der Waals surface area contributed by atoms with Gasteiger partial charge in [0.15, 0.2) is 4.96 Å². The minimum atomic E-state index is -0.0910. The molecule has 5 aromatic rings. The van der Waals surface area contributed by atoms with Crippen LogP contribution in [0.5, 0.6) is 0 Å². The van der Waals surface area contributed by atoms with E-state index in [4.69, 9.17) is 0 Å². The number of amides is 1. The van der Waals surface area contributed by atoms with Crippen LogP contribution in [-0.2, 0) is 17.8 Å². The summed E-state index contributed by atoms with van der Waals surface area (Å²) in [5, 5.41) is 4.92. The van der Waals surface area contributed by atoms with Crippen LogP contribution in [0.15, 0.2) is 95.4 Å². The van der Waals surface area contributed by atoms with E-state index in [-0.39, 0.29) is 17.9 Å². The third-order valence-corrected chi connectivity index (χ3v) is 6.07. The van der Waals surface area contributed by atoms with Gasteiger partial charge in [-0.3, -0.25) is 14.0 Å². The fraction of sp³-hybridized carbons (Fsp3) is 0.0800. The van der Waals surface area contributed by atoms with Crippen molar-refractivity contribution in [2.24, 2.45) is 0 Å². The molecular formula is C25H20N4O2S. The molecule has 1 amide bonds. The zero-order valence-electron chi connectivity index (χ0n) is 17.1. The zero-order valence-corrected chi connectivity index (χ0v) is 18.0. The van der Waals surface area contributed by atoms with E-state index in [9.17, 15) is 9.59 Å². The number of hydrogen-bond donors (Lipinski definition) is 1. The summed E-state index contributed by atoms with van der Waals surface area (Å²) in [7, 11) is 0. The van der Waals surface area contributed by atoms with Gasteiger partial charge in [0.05, 0.1) is 18.7 Å². The van der Waals surface area contributed by atoms with E-state index in [1.54, 1.807) is 22.9 Å². The lowest BCUT2D eigenvalue weighted by Gasteiger charge is -2.08. The second-order valence-corrected chi connectivity index (χ2v) is 8.30. The minimum absolute atomic E-state index is 0.0399. The standard InChI is InChI=1S/C25H20N4O2S/c30-23(26-20-11-9-18(10-12-20)15-28-13-5-4-8-24(28)31)14-21-17-32-25-27-22(16-29(21)25)19-6-2-1-3-7-19/h1-13,16-17H,14-15H2,(H,26,30). The fourth-order valence-corrected chi connectivity index (χ4v) is 4.43. The van der Waals surface area contributed by atoms with E-state index in [0.717, 1.165) is 33.2 Å². The van der Waals surface area contributed by atoms with Gasteiger partial charge in [-0.05, 0) is 23.8 Å². The van der Waals surface area contributed by atoms with Crippen LogP contribution < -0.4 is 10.9 Å². The molecule has 158 valence electrons. The second-order valence-electron chi connectivity index (χ2n) is 7.46. The number of benzene rings is 2. The molecule has 3 heterocycles. The summed E-state index contributed by atoms with van der Waals surface area (Å²) >= 11 is 1.53. The average molecular weight is 441 g/mol. The molecule has 0 spiro atoms. The molecule has 0 atom stereocenters. The maximum absolute atomic E-state index is 12.6. The Morgan fingerprint density at radius 3 is 2.53 bits per heavy atom. The number of hydrogen-bond acceptors (Lipinski definition) is 4. The van der Waals surface area contributed by atoms with Crippen molar-refractivity contribution in [1.29, 1.82) is 0 Å². The Balaban J connectivity index is 1.26. The van der Waals surface area contributed by atoms with Crippen molar-refractivity contribution < 1.29 is 4.79 Å². The zero-order chi connectivity index (χ0) is 21.9. The van der Waals surface area contributed by atoms with Gasteiger partial charge in [-0.1, -0.05) is 48.5 Å². The Morgan fingerprint density at radius 1 is 0.969 bits per heavy atom. The third kappa shape index (κ3) is 4.24. The SMILES string of the molecule is O=C(Cc1csc2nc(-c3ccccc3)cn12)Nc1ccc(Cn2ccccc2=O)cc1. The topological polar surface area (TPSA) is 68.4 Å². The predicted molar refractivity (Wildman–Crippen MR) is 127 cm³/mol. The molecule has 0 aliphatic heterocycles. The second kappa shape index (κ2) is 8.64. The normalized spacial score (nSPS) is 11.0. The highest BCUT2D eigenvalue weighted by atomic mass is 32.1. The van der Waals surface area contributed by atoms with Crippen LogP contribution in [0.4, 0.5) is 5.69 Å². The molecule has 0 aliphatic carbocycles. The Kier molecular flexibility index (Phi) is 5.39. The van der Waals surface area contributed by atoms with Crippen LogP contribution in [-0.4, -0.2) is 19.9 Å². The molecule has 0 bridgehead atoms. The maximum Gasteiger partial charge on any atom is 0.250 e. The number of carbonyl (C=O) groups is 1. The van der Waals surface area contributed by atoms with E-state index >= 15 is 0 Å². The number of nitrogens with one attached hydrogen (secondary N) is 1. The van der Waals surface area contributed by atoms with Gasteiger partial charge in [-0.15, -0.1) is 11.3 Å². The van der Waals surface area contributed by atoms with Crippen molar-refractivity contribution in [3.8, 4) is 11.3 Å². The van der Waals surface area contributed by atoms with Gasteiger partial charge in [-0.25, -0.2) is 4.98 Å². The number of thiazole rings is 1. The molecular weight excluding hydrogens is 420 g/mol. The molecule has 2 aromatic carbocycles. The lowest BCUT2D eigenvalue weighted by atomic mass is 10.2. The van der Waals surface area contributed by atoms with Crippen LogP contribution in [0.1, 0.15) is 11.3 Å². The van der Waals surface area contributed by atoms with Crippen LogP contribution in [0.3, 0.4) is 0 Å². The van der Waals surface area contributed by atoms with E-state index < -0.39 is 0 Å². The molecule has 0 unspecified atom stereocenters. The number of nitrogens with zero attached hydrogens (tertiary/aromatic N) is 3. The van der Waals surface area contributed by atoms with E-state index in [0.29, 0.717) is 6.54 Å². The predicted octanol–water partition coefficient (Wildman–Crippen LogP) is 4.45. The minimum Gasteiger partial charge on any atom is -0.326 e. The first-order valence-corrected chi connectivity index (χ1v) is 11.1. The van der Waals surface area contributed by atoms with Crippen LogP contribution in [0, 0.1) is 0 Å². The molecule has 0 aliphatic rings. The largest absolute Gasteiger partial charge is 0.326 e. The van der Waals surface area contributed by atoms with Crippen molar-refractivity contribution in [3.63, 3.8) is 0 Å². The van der Waals surface area contributed by atoms with Gasteiger partial charge in [0.25, 0.3) is 5.56 Å². The Bertz CT molecular complexity index is 1430. The fourth-order valence-electron chi connectivity index (χ4n) is 3.56. The van der Waals surface area contributed by atoms with Crippen molar-refractivity contribution in [2.45, 2.75) is 13.0 Å². The van der Waals surface area contributed by atoms with Crippen molar-refractivity contribution in [1.82, 2.24) is 14.0 Å². The maximum atomic E-state index is 12.6. The Labute approximate surface area is 188 Å². The van der Waals surface area contributed by atoms with Gasteiger partial charge in [0.2, 0.25) is 5.91 Å². The molecule has 5 rings (SSSR count). The number of rotatable bonds is 6. The lowest BCUT2D eigenvalue weighted by Crippen LogP contribution is -2.18. The van der Waals surface area contributed by atoms with Crippen LogP contribution in [0.2, 0.25) is 0 Å². The van der Waals surface area contributed by atoms with E-state index in [1.807, 2.05) is 76.6 Å². The first kappa shape index (κ1) is 20.0. The monoisotopic (exact) mass is 440 g/mol. The summed E-state index contributed by atoms with van der Waals surface area (Å²) in [4.78, 5) is 30.0. The highest BCUT2D eigenvalue weighted by Gasteiger charge is 2.13. The molecule has 0 radical (unpaired) electrons. The molecule has 6 nitrogen and oxygen atoms in total. The van der Waals surface area contributed by atoms with Crippen molar-refractivity contribution >= 4 is 27.9 Å². The first-order chi connectivity index (χ1) is 15.7. The lowest BCUT2D eigenvalue weighted by molar-refractivity contribution is -0.115. The number of fused-ring (bicyclic) bond motifs is 1.